The lowest BCUT2D eigenvalue weighted by molar-refractivity contribution is -0.125. The van der Waals surface area contributed by atoms with Crippen molar-refractivity contribution in [3.63, 3.8) is 0 Å². The van der Waals surface area contributed by atoms with Gasteiger partial charge in [-0.25, -0.2) is 4.68 Å². The summed E-state index contributed by atoms with van der Waals surface area (Å²) >= 11 is 1.53. The molecule has 2 atom stereocenters. The molecule has 0 amide bonds. The van der Waals surface area contributed by atoms with Crippen LogP contribution in [0.25, 0.3) is 0 Å². The minimum absolute atomic E-state index is 0.119. The van der Waals surface area contributed by atoms with Gasteiger partial charge in [0.25, 0.3) is 0 Å². The first-order valence-corrected chi connectivity index (χ1v) is 9.91. The molecule has 27 heavy (non-hydrogen) atoms. The summed E-state index contributed by atoms with van der Waals surface area (Å²) in [6, 6.07) is 4.22. The molecule has 2 aromatic rings. The van der Waals surface area contributed by atoms with Crippen molar-refractivity contribution in [3.8, 4) is 11.5 Å². The van der Waals surface area contributed by atoms with Gasteiger partial charge in [-0.15, -0.1) is 5.10 Å². The number of hydrogen-bond acceptors (Lipinski definition) is 7. The monoisotopic (exact) mass is 386 g/mol. The van der Waals surface area contributed by atoms with Gasteiger partial charge in [-0.1, -0.05) is 44.7 Å². The summed E-state index contributed by atoms with van der Waals surface area (Å²) in [6.07, 6.45) is 2.53. The molecule has 4 rings (SSSR count). The van der Waals surface area contributed by atoms with Crippen molar-refractivity contribution in [2.75, 3.05) is 11.1 Å². The van der Waals surface area contributed by atoms with E-state index >= 15 is 0 Å². The molecule has 0 unspecified atom stereocenters. The van der Waals surface area contributed by atoms with E-state index in [2.05, 4.69) is 21.5 Å². The van der Waals surface area contributed by atoms with E-state index in [4.69, 9.17) is 0 Å². The molecule has 142 valence electrons. The van der Waals surface area contributed by atoms with Gasteiger partial charge in [0.15, 0.2) is 11.5 Å². The van der Waals surface area contributed by atoms with Crippen LogP contribution in [0.15, 0.2) is 35.1 Å². The van der Waals surface area contributed by atoms with Crippen molar-refractivity contribution >= 4 is 23.5 Å². The van der Waals surface area contributed by atoms with Crippen molar-refractivity contribution < 1.29 is 15.0 Å². The van der Waals surface area contributed by atoms with E-state index in [1.807, 2.05) is 20.8 Å². The number of hydrogen-bond donors (Lipinski definition) is 3. The molecule has 2 heterocycles. The number of allylic oxidation sites excluding steroid dienone is 2. The zero-order valence-electron chi connectivity index (χ0n) is 15.4. The maximum atomic E-state index is 13.1. The Labute approximate surface area is 161 Å². The van der Waals surface area contributed by atoms with E-state index in [1.165, 1.54) is 23.9 Å². The summed E-state index contributed by atoms with van der Waals surface area (Å²) in [5, 5.41) is 28.2. The molecule has 1 aliphatic heterocycles. The van der Waals surface area contributed by atoms with Crippen molar-refractivity contribution in [2.45, 2.75) is 38.4 Å². The van der Waals surface area contributed by atoms with Crippen LogP contribution in [-0.2, 0) is 4.79 Å². The molecule has 3 N–H and O–H groups in total. The van der Waals surface area contributed by atoms with Crippen LogP contribution >= 0.6 is 11.8 Å². The van der Waals surface area contributed by atoms with Crippen molar-refractivity contribution in [3.05, 3.63) is 35.5 Å². The number of aromatic hydroxyl groups is 2. The highest BCUT2D eigenvalue weighted by molar-refractivity contribution is 7.99. The lowest BCUT2D eigenvalue weighted by atomic mass is 9.72. The number of aromatic nitrogens is 3. The number of phenols is 2. The molecule has 0 radical (unpaired) electrons. The molecule has 0 bridgehead atoms. The topological polar surface area (TPSA) is 100 Å². The molecule has 1 aromatic heterocycles. The van der Waals surface area contributed by atoms with Gasteiger partial charge >= 0.3 is 0 Å². The Morgan fingerprint density at radius 2 is 2.11 bits per heavy atom. The van der Waals surface area contributed by atoms with Gasteiger partial charge in [-0.3, -0.25) is 4.79 Å². The average molecular weight is 386 g/mol. The molecule has 0 spiro atoms. The summed E-state index contributed by atoms with van der Waals surface area (Å²) < 4.78 is 1.72. The first-order valence-electron chi connectivity index (χ1n) is 8.93. The fraction of sp³-hybridized carbons (Fsp3) is 0.421. The molecule has 0 saturated carbocycles. The van der Waals surface area contributed by atoms with E-state index in [0.29, 0.717) is 23.1 Å². The summed E-state index contributed by atoms with van der Waals surface area (Å²) in [4.78, 5) is 17.6. The van der Waals surface area contributed by atoms with E-state index in [9.17, 15) is 15.0 Å². The summed E-state index contributed by atoms with van der Waals surface area (Å²) in [6.45, 7) is 6.10. The average Bonchev–Trinajstić information content (AvgIpc) is 2.96. The second-order valence-electron chi connectivity index (χ2n) is 7.62. The number of rotatable bonds is 3. The normalized spacial score (nSPS) is 23.2. The van der Waals surface area contributed by atoms with Crippen LogP contribution in [-0.4, -0.2) is 36.5 Å². The third-order valence-corrected chi connectivity index (χ3v) is 5.64. The maximum Gasteiger partial charge on any atom is 0.227 e. The molecule has 2 aliphatic rings. The van der Waals surface area contributed by atoms with Gasteiger partial charge in [0.05, 0.1) is 12.0 Å². The standard InChI is InChI=1S/C19H22N4O3S/c1-4-27-18-21-17-20-11-8-19(2,3)9-14(26)15(11)16(23(17)22-18)10-5-6-12(24)13(25)7-10/h5-8,15-16,24-25H,4,9H2,1-3H3,(H,20,21,22)/t15-,16-/m1/s1. The van der Waals surface area contributed by atoms with E-state index in [-0.39, 0.29) is 22.7 Å². The Hall–Kier alpha value is -2.48. The smallest absolute Gasteiger partial charge is 0.227 e. The van der Waals surface area contributed by atoms with E-state index < -0.39 is 12.0 Å². The zero-order chi connectivity index (χ0) is 19.3. The SMILES string of the molecule is CCSc1nc2n(n1)[C@H](c1ccc(O)c(O)c1)[C@H]1C(=O)CC(C)(C)C=C1N2. The number of benzene rings is 1. The van der Waals surface area contributed by atoms with Gasteiger partial charge in [0, 0.05) is 12.1 Å². The predicted octanol–water partition coefficient (Wildman–Crippen LogP) is 3.32. The summed E-state index contributed by atoms with van der Waals surface area (Å²) in [5.41, 5.74) is 1.29. The van der Waals surface area contributed by atoms with Crippen LogP contribution in [0.4, 0.5) is 5.95 Å². The number of carbonyl (C=O) groups is 1. The number of fused-ring (bicyclic) bond motifs is 2. The van der Waals surface area contributed by atoms with Gasteiger partial charge < -0.3 is 15.5 Å². The minimum atomic E-state index is -0.435. The number of phenolic OH excluding ortho intramolecular Hbond substituents is 2. The second-order valence-corrected chi connectivity index (χ2v) is 8.85. The minimum Gasteiger partial charge on any atom is -0.504 e. The highest BCUT2D eigenvalue weighted by Crippen LogP contribution is 2.46. The molecule has 0 saturated heterocycles. The number of anilines is 1. The second kappa shape index (κ2) is 6.30. The molecule has 8 heteroatoms. The Kier molecular flexibility index (Phi) is 4.18. The first kappa shape index (κ1) is 17.9. The number of nitrogens with one attached hydrogen (secondary N) is 1. The van der Waals surface area contributed by atoms with Crippen LogP contribution < -0.4 is 5.32 Å². The van der Waals surface area contributed by atoms with Crippen LogP contribution in [0, 0.1) is 11.3 Å². The highest BCUT2D eigenvalue weighted by atomic mass is 32.2. The fourth-order valence-electron chi connectivity index (χ4n) is 3.86. The van der Waals surface area contributed by atoms with Crippen LogP contribution in [0.5, 0.6) is 11.5 Å². The Bertz CT molecular complexity index is 950. The van der Waals surface area contributed by atoms with Crippen LogP contribution in [0.3, 0.4) is 0 Å². The van der Waals surface area contributed by atoms with Crippen LogP contribution in [0.2, 0.25) is 0 Å². The lowest BCUT2D eigenvalue weighted by Gasteiger charge is -2.40. The summed E-state index contributed by atoms with van der Waals surface area (Å²) in [7, 11) is 0. The van der Waals surface area contributed by atoms with Gasteiger partial charge in [0.1, 0.15) is 5.78 Å². The molecular weight excluding hydrogens is 364 g/mol. The fourth-order valence-corrected chi connectivity index (χ4v) is 4.41. The van der Waals surface area contributed by atoms with Crippen molar-refractivity contribution in [2.24, 2.45) is 11.3 Å². The lowest BCUT2D eigenvalue weighted by Crippen LogP contribution is -2.42. The summed E-state index contributed by atoms with van der Waals surface area (Å²) in [5.74, 6) is 0.692. The number of ketones is 1. The molecular formula is C19H22N4O3S. The predicted molar refractivity (Wildman–Crippen MR) is 103 cm³/mol. The van der Waals surface area contributed by atoms with Gasteiger partial charge in [-0.2, -0.15) is 4.98 Å². The molecule has 0 fully saturated rings. The Balaban J connectivity index is 1.90. The Morgan fingerprint density at radius 1 is 1.33 bits per heavy atom. The number of carbonyl (C=O) groups excluding carboxylic acids is 1. The number of Topliss-reactive ketones (excluding diaryl/α,β-unsaturated/α-hetero) is 1. The van der Waals surface area contributed by atoms with Crippen LogP contribution in [0.1, 0.15) is 38.8 Å². The maximum absolute atomic E-state index is 13.1. The highest BCUT2D eigenvalue weighted by Gasteiger charge is 2.45. The number of thioether (sulfide) groups is 1. The zero-order valence-corrected chi connectivity index (χ0v) is 16.2. The third-order valence-electron chi connectivity index (χ3n) is 4.92. The van der Waals surface area contributed by atoms with E-state index in [0.717, 1.165) is 11.4 Å². The number of nitrogens with zero attached hydrogens (tertiary/aromatic N) is 3. The van der Waals surface area contributed by atoms with Crippen molar-refractivity contribution in [1.29, 1.82) is 0 Å². The largest absolute Gasteiger partial charge is 0.504 e. The van der Waals surface area contributed by atoms with E-state index in [1.54, 1.807) is 10.7 Å². The third kappa shape index (κ3) is 3.07. The quantitative estimate of drug-likeness (QED) is 0.549. The molecule has 1 aliphatic carbocycles. The van der Waals surface area contributed by atoms with Gasteiger partial charge in [-0.05, 0) is 28.9 Å². The molecule has 7 nitrogen and oxygen atoms in total. The molecule has 1 aromatic carbocycles. The first-order chi connectivity index (χ1) is 12.8. The Morgan fingerprint density at radius 3 is 2.81 bits per heavy atom. The van der Waals surface area contributed by atoms with Gasteiger partial charge in [0.2, 0.25) is 11.1 Å². The van der Waals surface area contributed by atoms with Crippen molar-refractivity contribution in [1.82, 2.24) is 14.8 Å².